The van der Waals surface area contributed by atoms with Crippen LogP contribution >= 0.6 is 11.3 Å². The quantitative estimate of drug-likeness (QED) is 0.504. The van der Waals surface area contributed by atoms with E-state index in [-0.39, 0.29) is 0 Å². The minimum atomic E-state index is 0.729. The molecule has 0 saturated carbocycles. The van der Waals surface area contributed by atoms with Gasteiger partial charge in [-0.15, -0.1) is 11.3 Å². The third-order valence-corrected chi connectivity index (χ3v) is 6.46. The Morgan fingerprint density at radius 2 is 1.90 bits per heavy atom. The lowest BCUT2D eigenvalue weighted by Crippen LogP contribution is -2.27. The van der Waals surface area contributed by atoms with Gasteiger partial charge in [0.15, 0.2) is 0 Å². The first-order valence-corrected chi connectivity index (χ1v) is 10.8. The topological polar surface area (TPSA) is 37.2 Å². The first kappa shape index (κ1) is 18.3. The fourth-order valence-electron chi connectivity index (χ4n) is 4.25. The van der Waals surface area contributed by atoms with Crippen LogP contribution in [0.25, 0.3) is 27.7 Å². The lowest BCUT2D eigenvalue weighted by molar-refractivity contribution is 0.311. The van der Waals surface area contributed by atoms with Gasteiger partial charge in [-0.25, -0.2) is 9.97 Å². The van der Waals surface area contributed by atoms with Gasteiger partial charge >= 0.3 is 0 Å². The minimum absolute atomic E-state index is 0.729. The van der Waals surface area contributed by atoms with Gasteiger partial charge in [-0.3, -0.25) is 0 Å². The highest BCUT2D eigenvalue weighted by Crippen LogP contribution is 2.38. The van der Waals surface area contributed by atoms with Crippen molar-refractivity contribution in [2.75, 3.05) is 32.6 Å². The molecule has 1 aliphatic rings. The lowest BCUT2D eigenvalue weighted by atomic mass is 10.0. The molecule has 0 saturated heterocycles. The second kappa shape index (κ2) is 6.97. The number of benzene rings is 1. The number of hydrogen-bond acceptors (Lipinski definition) is 5. The molecule has 0 atom stereocenters. The standard InChI is InChI=1S/C23H25N5S/c1-15-5-6-20-17(9-15)18-12-27(4)8-7-21(18)28(20)22-14-29-13-19(22)16-10-24-23(25-11-16)26(2)3/h5-6,9-11,13-14H,7-8,12H2,1-4H3. The first-order valence-electron chi connectivity index (χ1n) is 9.90. The van der Waals surface area contributed by atoms with E-state index in [0.717, 1.165) is 31.0 Å². The highest BCUT2D eigenvalue weighted by Gasteiger charge is 2.25. The van der Waals surface area contributed by atoms with Crippen molar-refractivity contribution in [3.63, 3.8) is 0 Å². The Morgan fingerprint density at radius 1 is 1.10 bits per heavy atom. The number of aryl methyl sites for hydroxylation is 1. The van der Waals surface area contributed by atoms with Crippen molar-refractivity contribution in [1.29, 1.82) is 0 Å². The summed E-state index contributed by atoms with van der Waals surface area (Å²) in [7, 11) is 6.13. The third-order valence-electron chi connectivity index (χ3n) is 5.73. The summed E-state index contributed by atoms with van der Waals surface area (Å²) >= 11 is 1.74. The average Bonchev–Trinajstić information content (AvgIpc) is 3.30. The molecule has 1 aliphatic heterocycles. The number of rotatable bonds is 3. The van der Waals surface area contributed by atoms with Crippen molar-refractivity contribution >= 4 is 28.2 Å². The Kier molecular flexibility index (Phi) is 4.41. The van der Waals surface area contributed by atoms with E-state index in [1.807, 2.05) is 31.4 Å². The number of nitrogens with zero attached hydrogens (tertiary/aromatic N) is 5. The highest BCUT2D eigenvalue weighted by molar-refractivity contribution is 7.08. The predicted molar refractivity (Wildman–Crippen MR) is 121 cm³/mol. The molecule has 0 radical (unpaired) electrons. The maximum absolute atomic E-state index is 4.53. The molecule has 0 aliphatic carbocycles. The van der Waals surface area contributed by atoms with Gasteiger partial charge in [0.05, 0.1) is 11.2 Å². The summed E-state index contributed by atoms with van der Waals surface area (Å²) in [6, 6.07) is 6.83. The number of aromatic nitrogens is 3. The van der Waals surface area contributed by atoms with Crippen molar-refractivity contribution in [1.82, 2.24) is 19.4 Å². The molecule has 0 spiro atoms. The number of hydrogen-bond donors (Lipinski definition) is 0. The molecule has 0 unspecified atom stereocenters. The van der Waals surface area contributed by atoms with Gasteiger partial charge in [-0.05, 0) is 31.7 Å². The molecule has 1 aromatic carbocycles. The molecule has 3 aromatic heterocycles. The zero-order chi connectivity index (χ0) is 20.1. The normalized spacial score (nSPS) is 14.3. The van der Waals surface area contributed by atoms with E-state index in [4.69, 9.17) is 0 Å². The number of fused-ring (bicyclic) bond motifs is 3. The summed E-state index contributed by atoms with van der Waals surface area (Å²) < 4.78 is 2.47. The Bertz CT molecular complexity index is 1190. The van der Waals surface area contributed by atoms with Crippen LogP contribution in [0.2, 0.25) is 0 Å². The van der Waals surface area contributed by atoms with Gasteiger partial charge < -0.3 is 14.4 Å². The molecule has 0 fully saturated rings. The fraction of sp³-hybridized carbons (Fsp3) is 0.304. The monoisotopic (exact) mass is 403 g/mol. The SMILES string of the molecule is Cc1ccc2c(c1)c1c(n2-c2cscc2-c2cnc(N(C)C)nc2)CCN(C)C1. The molecule has 4 aromatic rings. The molecule has 4 heterocycles. The van der Waals surface area contributed by atoms with E-state index in [9.17, 15) is 0 Å². The zero-order valence-corrected chi connectivity index (χ0v) is 18.1. The summed E-state index contributed by atoms with van der Waals surface area (Å²) in [6.07, 6.45) is 4.93. The van der Waals surface area contributed by atoms with Crippen LogP contribution in [0, 0.1) is 6.92 Å². The first-order chi connectivity index (χ1) is 14.0. The molecule has 5 nitrogen and oxygen atoms in total. The molecule has 5 rings (SSSR count). The van der Waals surface area contributed by atoms with Gasteiger partial charge in [-0.1, -0.05) is 11.6 Å². The van der Waals surface area contributed by atoms with Crippen LogP contribution in [-0.2, 0) is 13.0 Å². The van der Waals surface area contributed by atoms with Gasteiger partial charge in [0.1, 0.15) is 0 Å². The highest BCUT2D eigenvalue weighted by atomic mass is 32.1. The predicted octanol–water partition coefficient (Wildman–Crippen LogP) is 4.51. The zero-order valence-electron chi connectivity index (χ0n) is 17.3. The van der Waals surface area contributed by atoms with Crippen molar-refractivity contribution < 1.29 is 0 Å². The third kappa shape index (κ3) is 3.03. The largest absolute Gasteiger partial charge is 0.347 e. The Morgan fingerprint density at radius 3 is 2.66 bits per heavy atom. The van der Waals surface area contributed by atoms with E-state index < -0.39 is 0 Å². The summed E-state index contributed by atoms with van der Waals surface area (Å²) in [5, 5.41) is 5.85. The number of thiophene rings is 1. The van der Waals surface area contributed by atoms with Crippen molar-refractivity contribution in [2.24, 2.45) is 0 Å². The van der Waals surface area contributed by atoms with Crippen LogP contribution in [0.4, 0.5) is 5.95 Å². The van der Waals surface area contributed by atoms with E-state index in [1.54, 1.807) is 11.3 Å². The van der Waals surface area contributed by atoms with Gasteiger partial charge in [0, 0.05) is 79.0 Å². The van der Waals surface area contributed by atoms with Crippen molar-refractivity contribution in [3.8, 4) is 16.8 Å². The second-order valence-electron chi connectivity index (χ2n) is 8.11. The fourth-order valence-corrected chi connectivity index (χ4v) is 5.08. The summed E-state index contributed by atoms with van der Waals surface area (Å²) in [6.45, 7) is 4.26. The molecule has 0 N–H and O–H groups in total. The summed E-state index contributed by atoms with van der Waals surface area (Å²) in [5.74, 6) is 0.729. The van der Waals surface area contributed by atoms with Crippen LogP contribution in [-0.4, -0.2) is 47.1 Å². The molecule has 29 heavy (non-hydrogen) atoms. The van der Waals surface area contributed by atoms with Gasteiger partial charge in [-0.2, -0.15) is 0 Å². The molecule has 0 amide bonds. The van der Waals surface area contributed by atoms with E-state index in [1.165, 1.54) is 39.0 Å². The molecule has 148 valence electrons. The Labute approximate surface area is 175 Å². The van der Waals surface area contributed by atoms with Gasteiger partial charge in [0.2, 0.25) is 5.95 Å². The maximum Gasteiger partial charge on any atom is 0.224 e. The summed E-state index contributed by atoms with van der Waals surface area (Å²) in [4.78, 5) is 13.4. The van der Waals surface area contributed by atoms with Crippen LogP contribution < -0.4 is 4.90 Å². The molecule has 6 heteroatoms. The number of likely N-dealkylation sites (N-methyl/N-ethyl adjacent to an activating group) is 1. The summed E-state index contributed by atoms with van der Waals surface area (Å²) in [5.41, 5.74) is 8.99. The molecular formula is C23H25N5S. The van der Waals surface area contributed by atoms with Crippen molar-refractivity contribution in [2.45, 2.75) is 19.9 Å². The maximum atomic E-state index is 4.53. The van der Waals surface area contributed by atoms with E-state index >= 15 is 0 Å². The van der Waals surface area contributed by atoms with Gasteiger partial charge in [0.25, 0.3) is 0 Å². The Hall–Kier alpha value is -2.70. The van der Waals surface area contributed by atoms with Crippen molar-refractivity contribution in [3.05, 3.63) is 58.2 Å². The Balaban J connectivity index is 1.71. The van der Waals surface area contributed by atoms with E-state index in [0.29, 0.717) is 0 Å². The van der Waals surface area contributed by atoms with Crippen LogP contribution in [0.3, 0.4) is 0 Å². The van der Waals surface area contributed by atoms with Crippen LogP contribution in [0.15, 0.2) is 41.4 Å². The molecule has 0 bridgehead atoms. The second-order valence-corrected chi connectivity index (χ2v) is 8.85. The van der Waals surface area contributed by atoms with E-state index in [2.05, 4.69) is 62.4 Å². The minimum Gasteiger partial charge on any atom is -0.347 e. The average molecular weight is 404 g/mol. The van der Waals surface area contributed by atoms with Crippen LogP contribution in [0.1, 0.15) is 16.8 Å². The number of anilines is 1. The van der Waals surface area contributed by atoms with Crippen LogP contribution in [0.5, 0.6) is 0 Å². The molecular weight excluding hydrogens is 378 g/mol. The lowest BCUT2D eigenvalue weighted by Gasteiger charge is -2.24. The smallest absolute Gasteiger partial charge is 0.224 e.